The summed E-state index contributed by atoms with van der Waals surface area (Å²) in [6, 6.07) is -2.19. The average Bonchev–Trinajstić information content (AvgIpc) is 2.49. The number of aliphatic carboxylic acids is 1. The van der Waals surface area contributed by atoms with Crippen LogP contribution in [0, 0.1) is 5.92 Å². The Labute approximate surface area is 112 Å². The summed E-state index contributed by atoms with van der Waals surface area (Å²) in [6.45, 7) is -0.552. The number of carboxylic acids is 1. The minimum absolute atomic E-state index is 0.00975. The van der Waals surface area contributed by atoms with Crippen molar-refractivity contribution in [1.29, 1.82) is 0 Å². The summed E-state index contributed by atoms with van der Waals surface area (Å²) in [7, 11) is 0. The van der Waals surface area contributed by atoms with Gasteiger partial charge in [0, 0.05) is 5.75 Å². The Morgan fingerprint density at radius 2 is 2.06 bits per heavy atom. The van der Waals surface area contributed by atoms with Crippen LogP contribution in [0.1, 0.15) is 12.4 Å². The molecule has 1 rings (SSSR count). The molecule has 0 aromatic heterocycles. The third-order valence-corrected chi connectivity index (χ3v) is 2.45. The monoisotopic (exact) mass is 258 g/mol. The summed E-state index contributed by atoms with van der Waals surface area (Å²) in [5.41, 5.74) is 0.00975. The van der Waals surface area contributed by atoms with Crippen LogP contribution in [0.15, 0.2) is 30.2 Å². The van der Waals surface area contributed by atoms with Gasteiger partial charge in [0.05, 0.1) is 12.8 Å². The summed E-state index contributed by atoms with van der Waals surface area (Å²) in [6.07, 6.45) is -0.120. The molecule has 1 unspecified atom stereocenters. The molecule has 0 saturated heterocycles. The predicted octanol–water partition coefficient (Wildman–Crippen LogP) is 0.976. The van der Waals surface area contributed by atoms with Crippen molar-refractivity contribution < 1.29 is 21.5 Å². The maximum absolute atomic E-state index is 11.9. The first kappa shape index (κ1) is 7.76. The molecular formula is C12H15NO3S. The highest BCUT2D eigenvalue weighted by Gasteiger charge is 2.17. The normalized spacial score (nSPS) is 15.9. The van der Waals surface area contributed by atoms with E-state index in [0.29, 0.717) is 0 Å². The minimum Gasteiger partial charge on any atom is -0.480 e. The predicted molar refractivity (Wildman–Crippen MR) is 68.1 cm³/mol. The summed E-state index contributed by atoms with van der Waals surface area (Å²) >= 11 is 4.01. The molecule has 0 fully saturated rings. The van der Waals surface area contributed by atoms with Crippen LogP contribution in [-0.4, -0.2) is 29.3 Å². The van der Waals surface area contributed by atoms with Gasteiger partial charge in [-0.2, -0.15) is 12.6 Å². The zero-order valence-corrected chi connectivity index (χ0v) is 9.80. The van der Waals surface area contributed by atoms with Crippen molar-refractivity contribution in [3.05, 3.63) is 35.8 Å². The lowest BCUT2D eigenvalue weighted by Gasteiger charge is -2.13. The molecule has 0 radical (unpaired) electrons. The van der Waals surface area contributed by atoms with E-state index in [9.17, 15) is 9.59 Å². The van der Waals surface area contributed by atoms with Crippen molar-refractivity contribution >= 4 is 24.5 Å². The van der Waals surface area contributed by atoms with E-state index in [0.717, 1.165) is 0 Å². The Morgan fingerprint density at radius 1 is 1.41 bits per heavy atom. The highest BCUT2D eigenvalue weighted by atomic mass is 32.1. The van der Waals surface area contributed by atoms with E-state index in [-0.39, 0.29) is 29.8 Å². The summed E-state index contributed by atoms with van der Waals surface area (Å²) in [5.74, 6) is -2.54. The molecule has 0 spiro atoms. The molecule has 92 valence electrons. The number of carbonyl (C=O) groups is 2. The number of amides is 1. The van der Waals surface area contributed by atoms with Crippen LogP contribution in [0.5, 0.6) is 0 Å². The third kappa shape index (κ3) is 4.91. The maximum atomic E-state index is 11.9. The van der Waals surface area contributed by atoms with Crippen LogP contribution in [0.25, 0.3) is 0 Å². The Morgan fingerprint density at radius 3 is 2.59 bits per heavy atom. The van der Waals surface area contributed by atoms with Gasteiger partial charge >= 0.3 is 5.97 Å². The van der Waals surface area contributed by atoms with Crippen molar-refractivity contribution in [3.8, 4) is 0 Å². The van der Waals surface area contributed by atoms with E-state index >= 15 is 0 Å². The molecule has 17 heavy (non-hydrogen) atoms. The van der Waals surface area contributed by atoms with Crippen LogP contribution < -0.4 is 5.32 Å². The standard InChI is InChI=1S/C12H15NO3S/c14-11(15)7-13-12(16)10(8-17)6-9-4-2-1-3-5-9/h1-5,10,17H,6-8H2,(H,13,16)(H,14,15)/i1D,2D,3D,4D,5D. The van der Waals surface area contributed by atoms with Crippen LogP contribution >= 0.6 is 12.6 Å². The second-order valence-electron chi connectivity index (χ2n) is 3.30. The van der Waals surface area contributed by atoms with Gasteiger partial charge in [0.2, 0.25) is 5.91 Å². The number of hydrogen-bond acceptors (Lipinski definition) is 3. The van der Waals surface area contributed by atoms with Gasteiger partial charge in [0.15, 0.2) is 0 Å². The largest absolute Gasteiger partial charge is 0.480 e. The SMILES string of the molecule is [2H]c1c([2H])c([2H])c(CC(CS)C(=O)NCC(=O)O)c([2H])c1[2H]. The molecule has 0 aliphatic carbocycles. The van der Waals surface area contributed by atoms with Crippen LogP contribution in [0.2, 0.25) is 0 Å². The van der Waals surface area contributed by atoms with E-state index in [2.05, 4.69) is 17.9 Å². The molecule has 1 aromatic carbocycles. The van der Waals surface area contributed by atoms with E-state index in [1.54, 1.807) is 0 Å². The Hall–Kier alpha value is -1.49. The Kier molecular flexibility index (Phi) is 3.18. The number of rotatable bonds is 6. The fourth-order valence-corrected chi connectivity index (χ4v) is 1.47. The third-order valence-electron chi connectivity index (χ3n) is 2.01. The zero-order valence-electron chi connectivity index (χ0n) is 13.9. The lowest BCUT2D eigenvalue weighted by molar-refractivity contribution is -0.138. The number of hydrogen-bond donors (Lipinski definition) is 3. The molecule has 0 bridgehead atoms. The highest BCUT2D eigenvalue weighted by molar-refractivity contribution is 7.80. The lowest BCUT2D eigenvalue weighted by Crippen LogP contribution is -2.36. The Balaban J connectivity index is 3.06. The first-order valence-electron chi connectivity index (χ1n) is 7.36. The smallest absolute Gasteiger partial charge is 0.322 e. The molecular weight excluding hydrogens is 238 g/mol. The van der Waals surface area contributed by atoms with Crippen molar-refractivity contribution in [3.63, 3.8) is 0 Å². The second-order valence-corrected chi connectivity index (χ2v) is 3.66. The highest BCUT2D eigenvalue weighted by Crippen LogP contribution is 2.10. The lowest BCUT2D eigenvalue weighted by atomic mass is 10.0. The summed E-state index contributed by atoms with van der Waals surface area (Å²) < 4.78 is 38.2. The Bertz CT molecular complexity index is 582. The van der Waals surface area contributed by atoms with Crippen LogP contribution in [0.3, 0.4) is 0 Å². The number of nitrogens with one attached hydrogen (secondary N) is 1. The molecule has 1 atom stereocenters. The molecule has 5 heteroatoms. The van der Waals surface area contributed by atoms with Crippen molar-refractivity contribution in [2.24, 2.45) is 5.92 Å². The molecule has 1 amide bonds. The van der Waals surface area contributed by atoms with E-state index in [1.807, 2.05) is 0 Å². The van der Waals surface area contributed by atoms with Gasteiger partial charge in [-0.15, -0.1) is 0 Å². The quantitative estimate of drug-likeness (QED) is 0.666. The number of benzene rings is 1. The maximum Gasteiger partial charge on any atom is 0.322 e. The van der Waals surface area contributed by atoms with Gasteiger partial charge in [0.1, 0.15) is 6.54 Å². The van der Waals surface area contributed by atoms with Gasteiger partial charge in [0.25, 0.3) is 0 Å². The minimum atomic E-state index is -1.20. The molecule has 0 heterocycles. The van der Waals surface area contributed by atoms with E-state index in [4.69, 9.17) is 12.0 Å². The molecule has 1 aromatic rings. The number of thiol groups is 1. The molecule has 2 N–H and O–H groups in total. The molecule has 0 aliphatic rings. The molecule has 0 saturated carbocycles. The van der Waals surface area contributed by atoms with Gasteiger partial charge in [-0.3, -0.25) is 9.59 Å². The van der Waals surface area contributed by atoms with Crippen LogP contribution in [0.4, 0.5) is 0 Å². The molecule has 0 aliphatic heterocycles. The first-order valence-corrected chi connectivity index (χ1v) is 5.50. The van der Waals surface area contributed by atoms with Gasteiger partial charge in [-0.25, -0.2) is 0 Å². The fourth-order valence-electron chi connectivity index (χ4n) is 1.17. The first-order chi connectivity index (χ1) is 10.2. The fraction of sp³-hybridized carbons (Fsp3) is 0.333. The average molecular weight is 258 g/mol. The topological polar surface area (TPSA) is 66.4 Å². The van der Waals surface area contributed by atoms with E-state index in [1.165, 1.54) is 0 Å². The van der Waals surface area contributed by atoms with Gasteiger partial charge in [-0.05, 0) is 12.0 Å². The zero-order chi connectivity index (χ0) is 17.0. The number of carboxylic acid groups (broad SMARTS) is 1. The van der Waals surface area contributed by atoms with Crippen molar-refractivity contribution in [2.75, 3.05) is 12.3 Å². The molecule has 4 nitrogen and oxygen atoms in total. The second kappa shape index (κ2) is 6.96. The summed E-state index contributed by atoms with van der Waals surface area (Å²) in [4.78, 5) is 22.3. The van der Waals surface area contributed by atoms with Crippen LogP contribution in [-0.2, 0) is 16.0 Å². The van der Waals surface area contributed by atoms with Crippen molar-refractivity contribution in [1.82, 2.24) is 5.32 Å². The van der Waals surface area contributed by atoms with Crippen molar-refractivity contribution in [2.45, 2.75) is 6.42 Å². The van der Waals surface area contributed by atoms with Gasteiger partial charge in [-0.1, -0.05) is 30.2 Å². The number of carbonyl (C=O) groups excluding carboxylic acids is 1. The van der Waals surface area contributed by atoms with E-state index < -0.39 is 42.5 Å². The summed E-state index contributed by atoms with van der Waals surface area (Å²) in [5, 5.41) is 10.7. The van der Waals surface area contributed by atoms with Gasteiger partial charge < -0.3 is 10.4 Å².